The first-order valence-corrected chi connectivity index (χ1v) is 10.5. The highest BCUT2D eigenvalue weighted by atomic mass is 32.2. The summed E-state index contributed by atoms with van der Waals surface area (Å²) in [5, 5.41) is 25.7. The van der Waals surface area contributed by atoms with Gasteiger partial charge in [-0.05, 0) is 20.3 Å². The van der Waals surface area contributed by atoms with Crippen molar-refractivity contribution in [2.24, 2.45) is 10.9 Å². The van der Waals surface area contributed by atoms with E-state index in [1.807, 2.05) is 0 Å². The number of esters is 1. The number of nitrogens with two attached hydrogens (primary N) is 1. The van der Waals surface area contributed by atoms with Crippen LogP contribution in [0.4, 0.5) is 0 Å². The minimum Gasteiger partial charge on any atom is -0.480 e. The van der Waals surface area contributed by atoms with Crippen molar-refractivity contribution in [3.05, 3.63) is 0 Å². The number of carbonyl (C=O) groups excluding carboxylic acids is 3. The van der Waals surface area contributed by atoms with Gasteiger partial charge in [-0.2, -0.15) is 11.8 Å². The lowest BCUT2D eigenvalue weighted by Crippen LogP contribution is -2.49. The predicted octanol–water partition coefficient (Wildman–Crippen LogP) is -1.45. The lowest BCUT2D eigenvalue weighted by Gasteiger charge is -2.18. The number of nitrogens with zero attached hydrogens (tertiary/aromatic N) is 1. The van der Waals surface area contributed by atoms with Crippen molar-refractivity contribution in [3.8, 4) is 0 Å². The normalized spacial score (nSPS) is 12.9. The van der Waals surface area contributed by atoms with Crippen molar-refractivity contribution >= 4 is 47.2 Å². The minimum atomic E-state index is -1.27. The highest BCUT2D eigenvalue weighted by Crippen LogP contribution is 2.07. The standard InChI is InChI=1S/C17H28N4O9S/c1-3-29-17(28)12(21-30-4-2)9-31-8-11(15(25)19-7-14(23)24)20-13(22)6-5-10(18)16(26)27/h10-11H,3-9,18H2,1-2H3,(H,19,25)(H,20,22)(H,23,24)(H,26,27). The van der Waals surface area contributed by atoms with Crippen LogP contribution in [-0.4, -0.2) is 89.0 Å². The summed E-state index contributed by atoms with van der Waals surface area (Å²) >= 11 is 1.05. The summed E-state index contributed by atoms with van der Waals surface area (Å²) in [6.45, 7) is 3.00. The van der Waals surface area contributed by atoms with Crippen LogP contribution >= 0.6 is 11.8 Å². The van der Waals surface area contributed by atoms with Gasteiger partial charge in [-0.3, -0.25) is 19.2 Å². The number of aliphatic carboxylic acids is 2. The Morgan fingerprint density at radius 2 is 1.81 bits per heavy atom. The molecule has 176 valence electrons. The molecular weight excluding hydrogens is 436 g/mol. The molecule has 0 fully saturated rings. The second-order valence-electron chi connectivity index (χ2n) is 5.91. The molecule has 0 aromatic carbocycles. The summed E-state index contributed by atoms with van der Waals surface area (Å²) in [6, 6.07) is -2.38. The molecular formula is C17H28N4O9S. The quantitative estimate of drug-likeness (QED) is 0.101. The SMILES string of the molecule is CCON=C(CSCC(NC(=O)CCC(N)C(=O)O)C(=O)NCC(=O)O)C(=O)OCC. The first-order valence-electron chi connectivity index (χ1n) is 9.33. The summed E-state index contributed by atoms with van der Waals surface area (Å²) in [7, 11) is 0. The first kappa shape index (κ1) is 28.1. The molecule has 6 N–H and O–H groups in total. The molecule has 14 heteroatoms. The molecule has 0 aliphatic heterocycles. The highest BCUT2D eigenvalue weighted by Gasteiger charge is 2.23. The molecule has 0 saturated carbocycles. The molecule has 0 aromatic rings. The van der Waals surface area contributed by atoms with E-state index in [-0.39, 0.29) is 43.3 Å². The van der Waals surface area contributed by atoms with E-state index in [2.05, 4.69) is 15.8 Å². The lowest BCUT2D eigenvalue weighted by molar-refractivity contribution is -0.139. The summed E-state index contributed by atoms with van der Waals surface area (Å²) in [6.07, 6.45) is -0.396. The zero-order valence-electron chi connectivity index (χ0n) is 17.3. The Bertz CT molecular complexity index is 672. The Morgan fingerprint density at radius 3 is 2.35 bits per heavy atom. The molecule has 0 bridgehead atoms. The molecule has 0 aliphatic rings. The monoisotopic (exact) mass is 464 g/mol. The van der Waals surface area contributed by atoms with Gasteiger partial charge in [0.15, 0.2) is 5.71 Å². The number of rotatable bonds is 16. The number of amides is 2. The molecule has 2 unspecified atom stereocenters. The Morgan fingerprint density at radius 1 is 1.13 bits per heavy atom. The Kier molecular flexibility index (Phi) is 14.4. The minimum absolute atomic E-state index is 0.00129. The number of carboxylic acids is 2. The third kappa shape index (κ3) is 13.1. The fraction of sp³-hybridized carbons (Fsp3) is 0.647. The average molecular weight is 464 g/mol. The number of hydrogen-bond donors (Lipinski definition) is 5. The van der Waals surface area contributed by atoms with Crippen LogP contribution in [0.5, 0.6) is 0 Å². The van der Waals surface area contributed by atoms with E-state index in [0.717, 1.165) is 11.8 Å². The molecule has 0 aromatic heterocycles. The summed E-state index contributed by atoms with van der Waals surface area (Å²) in [5.41, 5.74) is 5.32. The van der Waals surface area contributed by atoms with Crippen LogP contribution in [0.15, 0.2) is 5.16 Å². The molecule has 31 heavy (non-hydrogen) atoms. The van der Waals surface area contributed by atoms with Gasteiger partial charge in [0.25, 0.3) is 0 Å². The number of ether oxygens (including phenoxy) is 1. The maximum Gasteiger partial charge on any atom is 0.356 e. The van der Waals surface area contributed by atoms with Crippen molar-refractivity contribution in [1.29, 1.82) is 0 Å². The van der Waals surface area contributed by atoms with Crippen LogP contribution in [0, 0.1) is 0 Å². The van der Waals surface area contributed by atoms with Crippen LogP contribution in [0.25, 0.3) is 0 Å². The van der Waals surface area contributed by atoms with Gasteiger partial charge in [-0.25, -0.2) is 4.79 Å². The van der Waals surface area contributed by atoms with Gasteiger partial charge in [0.1, 0.15) is 25.2 Å². The van der Waals surface area contributed by atoms with Crippen molar-refractivity contribution in [3.63, 3.8) is 0 Å². The van der Waals surface area contributed by atoms with E-state index >= 15 is 0 Å². The second kappa shape index (κ2) is 15.9. The van der Waals surface area contributed by atoms with Crippen LogP contribution in [0.2, 0.25) is 0 Å². The van der Waals surface area contributed by atoms with Gasteiger partial charge in [-0.1, -0.05) is 5.16 Å². The molecule has 0 saturated heterocycles. The summed E-state index contributed by atoms with van der Waals surface area (Å²) in [4.78, 5) is 62.5. The zero-order valence-corrected chi connectivity index (χ0v) is 18.1. The van der Waals surface area contributed by atoms with Crippen LogP contribution < -0.4 is 16.4 Å². The van der Waals surface area contributed by atoms with E-state index in [4.69, 9.17) is 25.5 Å². The number of thioether (sulfide) groups is 1. The molecule has 13 nitrogen and oxygen atoms in total. The third-order valence-electron chi connectivity index (χ3n) is 3.40. The number of carboxylic acid groups (broad SMARTS) is 2. The summed E-state index contributed by atoms with van der Waals surface area (Å²) < 4.78 is 4.87. The number of nitrogens with one attached hydrogen (secondary N) is 2. The zero-order chi connectivity index (χ0) is 23.8. The maximum absolute atomic E-state index is 12.2. The number of carbonyl (C=O) groups is 5. The van der Waals surface area contributed by atoms with Gasteiger partial charge >= 0.3 is 17.9 Å². The molecule has 2 atom stereocenters. The molecule has 0 spiro atoms. The summed E-state index contributed by atoms with van der Waals surface area (Å²) in [5.74, 6) is -4.66. The van der Waals surface area contributed by atoms with E-state index in [0.29, 0.717) is 0 Å². The van der Waals surface area contributed by atoms with Gasteiger partial charge in [0.2, 0.25) is 11.8 Å². The van der Waals surface area contributed by atoms with Crippen LogP contribution in [-0.2, 0) is 33.5 Å². The van der Waals surface area contributed by atoms with E-state index in [9.17, 15) is 24.0 Å². The van der Waals surface area contributed by atoms with Crippen LogP contribution in [0.3, 0.4) is 0 Å². The molecule has 2 amide bonds. The first-order chi connectivity index (χ1) is 14.6. The number of oxime groups is 1. The Labute approximate surface area is 183 Å². The van der Waals surface area contributed by atoms with Crippen LogP contribution in [0.1, 0.15) is 26.7 Å². The lowest BCUT2D eigenvalue weighted by atomic mass is 10.1. The Hall–Kier alpha value is -2.87. The highest BCUT2D eigenvalue weighted by molar-refractivity contribution is 8.00. The maximum atomic E-state index is 12.2. The van der Waals surface area contributed by atoms with Crippen molar-refractivity contribution in [2.75, 3.05) is 31.3 Å². The predicted molar refractivity (Wildman–Crippen MR) is 110 cm³/mol. The van der Waals surface area contributed by atoms with Gasteiger partial charge < -0.3 is 36.2 Å². The third-order valence-corrected chi connectivity index (χ3v) is 4.45. The topological polar surface area (TPSA) is 207 Å². The molecule has 0 heterocycles. The smallest absolute Gasteiger partial charge is 0.356 e. The van der Waals surface area contributed by atoms with Gasteiger partial charge in [0.05, 0.1) is 6.61 Å². The van der Waals surface area contributed by atoms with E-state index < -0.39 is 48.4 Å². The van der Waals surface area contributed by atoms with Crippen molar-refractivity contribution in [1.82, 2.24) is 10.6 Å². The molecule has 0 aliphatic carbocycles. The van der Waals surface area contributed by atoms with Gasteiger partial charge in [0, 0.05) is 17.9 Å². The van der Waals surface area contributed by atoms with Crippen molar-refractivity contribution in [2.45, 2.75) is 38.8 Å². The fourth-order valence-corrected chi connectivity index (χ4v) is 2.85. The molecule has 0 rings (SSSR count). The Balaban J connectivity index is 5.01. The number of hydrogen-bond acceptors (Lipinski definition) is 10. The van der Waals surface area contributed by atoms with E-state index in [1.165, 1.54) is 0 Å². The largest absolute Gasteiger partial charge is 0.480 e. The van der Waals surface area contributed by atoms with Crippen molar-refractivity contribution < 1.29 is 43.8 Å². The fourth-order valence-electron chi connectivity index (χ4n) is 1.90. The molecule has 0 radical (unpaired) electrons. The second-order valence-corrected chi connectivity index (χ2v) is 6.94. The van der Waals surface area contributed by atoms with Gasteiger partial charge in [-0.15, -0.1) is 0 Å². The average Bonchev–Trinajstić information content (AvgIpc) is 2.71. The van der Waals surface area contributed by atoms with E-state index in [1.54, 1.807) is 13.8 Å².